The van der Waals surface area contributed by atoms with E-state index in [1.165, 1.54) is 0 Å². The van der Waals surface area contributed by atoms with Crippen molar-refractivity contribution in [3.8, 4) is 23.2 Å². The zero-order chi connectivity index (χ0) is 12.6. The molecule has 0 unspecified atom stereocenters. The number of nitrogens with zero attached hydrogens (tertiary/aromatic N) is 2. The van der Waals surface area contributed by atoms with E-state index >= 15 is 0 Å². The Morgan fingerprint density at radius 2 is 1.78 bits per heavy atom. The molecule has 1 heterocycles. The van der Waals surface area contributed by atoms with E-state index in [2.05, 4.69) is 21.8 Å². The van der Waals surface area contributed by atoms with Crippen LogP contribution >= 0.6 is 0 Å². The van der Waals surface area contributed by atoms with Crippen LogP contribution in [0.5, 0.6) is 0 Å². The molecule has 0 spiro atoms. The van der Waals surface area contributed by atoms with Gasteiger partial charge in [0.2, 0.25) is 0 Å². The Hall–Kier alpha value is -2.18. The smallest absolute Gasteiger partial charge is 0.159 e. The number of unbranched alkanes of at least 4 members (excludes halogenated alkanes) is 1. The van der Waals surface area contributed by atoms with Crippen LogP contribution in [-0.4, -0.2) is 21.7 Å². The third kappa shape index (κ3) is 3.41. The van der Waals surface area contributed by atoms with Crippen LogP contribution in [0, 0.1) is 11.8 Å². The molecule has 0 saturated carbocycles. The summed E-state index contributed by atoms with van der Waals surface area (Å²) in [6, 6.07) is 9.64. The summed E-state index contributed by atoms with van der Waals surface area (Å²) < 4.78 is 0. The maximum atomic E-state index is 8.64. The molecule has 0 bridgehead atoms. The lowest BCUT2D eigenvalue weighted by Crippen LogP contribution is -1.86. The summed E-state index contributed by atoms with van der Waals surface area (Å²) in [5.41, 5.74) is 1.95. The Kier molecular flexibility index (Phi) is 4.46. The van der Waals surface area contributed by atoms with Crippen LogP contribution in [0.25, 0.3) is 11.4 Å². The molecule has 3 nitrogen and oxygen atoms in total. The lowest BCUT2D eigenvalue weighted by molar-refractivity contribution is 0.290. The van der Waals surface area contributed by atoms with Crippen molar-refractivity contribution in [2.24, 2.45) is 0 Å². The number of rotatable bonds is 3. The second-order valence-electron chi connectivity index (χ2n) is 3.78. The summed E-state index contributed by atoms with van der Waals surface area (Å²) in [6.07, 6.45) is 4.90. The zero-order valence-electron chi connectivity index (χ0n) is 10.0. The molecule has 0 aliphatic carbocycles. The van der Waals surface area contributed by atoms with Crippen molar-refractivity contribution in [3.05, 3.63) is 48.3 Å². The van der Waals surface area contributed by atoms with Gasteiger partial charge >= 0.3 is 0 Å². The molecule has 3 heteroatoms. The fourth-order valence-electron chi connectivity index (χ4n) is 1.48. The van der Waals surface area contributed by atoms with E-state index in [-0.39, 0.29) is 6.61 Å². The van der Waals surface area contributed by atoms with Gasteiger partial charge in [0.05, 0.1) is 0 Å². The number of aromatic nitrogens is 2. The van der Waals surface area contributed by atoms with Gasteiger partial charge in [-0.3, -0.25) is 0 Å². The van der Waals surface area contributed by atoms with Crippen molar-refractivity contribution in [1.29, 1.82) is 0 Å². The van der Waals surface area contributed by atoms with Crippen LogP contribution < -0.4 is 0 Å². The fourth-order valence-corrected chi connectivity index (χ4v) is 1.48. The molecule has 0 fully saturated rings. The highest BCUT2D eigenvalue weighted by molar-refractivity contribution is 5.56. The lowest BCUT2D eigenvalue weighted by atomic mass is 10.1. The first kappa shape index (κ1) is 12.3. The summed E-state index contributed by atoms with van der Waals surface area (Å²) in [4.78, 5) is 8.38. The Morgan fingerprint density at radius 1 is 1.06 bits per heavy atom. The Morgan fingerprint density at radius 3 is 2.44 bits per heavy atom. The predicted octanol–water partition coefficient (Wildman–Crippen LogP) is 2.27. The van der Waals surface area contributed by atoms with E-state index < -0.39 is 0 Å². The second kappa shape index (κ2) is 6.53. The van der Waals surface area contributed by atoms with Crippen LogP contribution in [0.3, 0.4) is 0 Å². The Labute approximate surface area is 107 Å². The third-order valence-electron chi connectivity index (χ3n) is 2.40. The van der Waals surface area contributed by atoms with Gasteiger partial charge in [0.1, 0.15) is 0 Å². The number of hydrogen-bond donors (Lipinski definition) is 1. The summed E-state index contributed by atoms with van der Waals surface area (Å²) in [5, 5.41) is 8.64. The quantitative estimate of drug-likeness (QED) is 0.659. The molecule has 0 atom stereocenters. The highest BCUT2D eigenvalue weighted by Gasteiger charge is 1.98. The molecular formula is C15H14N2O. The fraction of sp³-hybridized carbons (Fsp3) is 0.200. The molecule has 2 rings (SSSR count). The number of hydrogen-bond acceptors (Lipinski definition) is 3. The van der Waals surface area contributed by atoms with Gasteiger partial charge in [0.25, 0.3) is 0 Å². The molecule has 1 aromatic carbocycles. The largest absolute Gasteiger partial charge is 0.396 e. The number of aliphatic hydroxyl groups is 1. The van der Waals surface area contributed by atoms with Crippen LogP contribution in [0.1, 0.15) is 18.4 Å². The summed E-state index contributed by atoms with van der Waals surface area (Å²) in [6.45, 7) is 0.193. The van der Waals surface area contributed by atoms with Crippen molar-refractivity contribution in [3.63, 3.8) is 0 Å². The number of benzene rings is 1. The van der Waals surface area contributed by atoms with Gasteiger partial charge in [-0.2, -0.15) is 0 Å². The Bertz CT molecular complexity index is 538. The molecule has 0 aliphatic heterocycles. The molecular weight excluding hydrogens is 224 g/mol. The molecule has 0 radical (unpaired) electrons. The van der Waals surface area contributed by atoms with Gasteiger partial charge in [-0.1, -0.05) is 11.8 Å². The summed E-state index contributed by atoms with van der Waals surface area (Å²) >= 11 is 0. The summed E-state index contributed by atoms with van der Waals surface area (Å²) in [5.74, 6) is 6.80. The van der Waals surface area contributed by atoms with E-state index in [0.717, 1.165) is 29.8 Å². The van der Waals surface area contributed by atoms with Crippen LogP contribution in [-0.2, 0) is 0 Å². The SMILES string of the molecule is OCCCC#Cc1ccc(-c2ncccn2)cc1. The monoisotopic (exact) mass is 238 g/mol. The zero-order valence-corrected chi connectivity index (χ0v) is 10.0. The van der Waals surface area contributed by atoms with Crippen molar-refractivity contribution in [1.82, 2.24) is 9.97 Å². The van der Waals surface area contributed by atoms with Crippen LogP contribution in [0.2, 0.25) is 0 Å². The van der Waals surface area contributed by atoms with E-state index in [0.29, 0.717) is 0 Å². The lowest BCUT2D eigenvalue weighted by Gasteiger charge is -1.98. The van der Waals surface area contributed by atoms with E-state index in [1.807, 2.05) is 24.3 Å². The minimum Gasteiger partial charge on any atom is -0.396 e. The molecule has 0 saturated heterocycles. The first-order chi connectivity index (χ1) is 8.90. The van der Waals surface area contributed by atoms with Gasteiger partial charge < -0.3 is 5.11 Å². The average Bonchev–Trinajstić information content (AvgIpc) is 2.45. The molecule has 0 aliphatic rings. The molecule has 90 valence electrons. The molecule has 0 amide bonds. The molecule has 1 aromatic heterocycles. The predicted molar refractivity (Wildman–Crippen MR) is 70.7 cm³/mol. The standard InChI is InChI=1S/C15H14N2O/c18-12-3-1-2-5-13-6-8-14(9-7-13)15-16-10-4-11-17-15/h4,6-11,18H,1,3,12H2. The maximum absolute atomic E-state index is 8.64. The first-order valence-corrected chi connectivity index (χ1v) is 5.87. The van der Waals surface area contributed by atoms with E-state index in [9.17, 15) is 0 Å². The molecule has 2 aromatic rings. The minimum absolute atomic E-state index is 0.193. The van der Waals surface area contributed by atoms with Gasteiger partial charge in [-0.15, -0.1) is 0 Å². The Balaban J connectivity index is 2.08. The highest BCUT2D eigenvalue weighted by atomic mass is 16.2. The van der Waals surface area contributed by atoms with Gasteiger partial charge in [-0.05, 0) is 36.8 Å². The van der Waals surface area contributed by atoms with Crippen molar-refractivity contribution in [2.45, 2.75) is 12.8 Å². The van der Waals surface area contributed by atoms with Crippen molar-refractivity contribution >= 4 is 0 Å². The maximum Gasteiger partial charge on any atom is 0.159 e. The normalized spacial score (nSPS) is 9.61. The first-order valence-electron chi connectivity index (χ1n) is 5.87. The molecule has 1 N–H and O–H groups in total. The van der Waals surface area contributed by atoms with Gasteiger partial charge in [-0.25, -0.2) is 9.97 Å². The van der Waals surface area contributed by atoms with E-state index in [4.69, 9.17) is 5.11 Å². The van der Waals surface area contributed by atoms with Crippen molar-refractivity contribution < 1.29 is 5.11 Å². The highest BCUT2D eigenvalue weighted by Crippen LogP contribution is 2.14. The molecule has 18 heavy (non-hydrogen) atoms. The second-order valence-corrected chi connectivity index (χ2v) is 3.78. The van der Waals surface area contributed by atoms with Gasteiger partial charge in [0, 0.05) is 36.5 Å². The van der Waals surface area contributed by atoms with Crippen LogP contribution in [0.15, 0.2) is 42.7 Å². The number of aliphatic hydroxyl groups excluding tert-OH is 1. The summed E-state index contributed by atoms with van der Waals surface area (Å²) in [7, 11) is 0. The third-order valence-corrected chi connectivity index (χ3v) is 2.40. The van der Waals surface area contributed by atoms with E-state index in [1.54, 1.807) is 18.5 Å². The van der Waals surface area contributed by atoms with Crippen molar-refractivity contribution in [2.75, 3.05) is 6.61 Å². The van der Waals surface area contributed by atoms with Gasteiger partial charge in [0.15, 0.2) is 5.82 Å². The topological polar surface area (TPSA) is 46.0 Å². The average molecular weight is 238 g/mol. The van der Waals surface area contributed by atoms with Crippen LogP contribution in [0.4, 0.5) is 0 Å². The minimum atomic E-state index is 0.193.